The van der Waals surface area contributed by atoms with Gasteiger partial charge in [0.15, 0.2) is 11.5 Å². The summed E-state index contributed by atoms with van der Waals surface area (Å²) < 4.78 is 11.5. The molecule has 3 aromatic carbocycles. The summed E-state index contributed by atoms with van der Waals surface area (Å²) in [5.74, 6) is -0.683. The molecule has 0 unspecified atom stereocenters. The van der Waals surface area contributed by atoms with Crippen LogP contribution in [0.1, 0.15) is 77.5 Å². The topological polar surface area (TPSA) is 105 Å². The number of nitrogens with one attached hydrogen (secondary N) is 1. The third-order valence-electron chi connectivity index (χ3n) is 8.29. The second-order valence-corrected chi connectivity index (χ2v) is 10.8. The Bertz CT molecular complexity index is 1440. The summed E-state index contributed by atoms with van der Waals surface area (Å²) in [4.78, 5) is 39.9. The quantitative estimate of drug-likeness (QED) is 0.462. The number of rotatable bonds is 5. The number of hydrogen-bond donors (Lipinski definition) is 2. The first-order valence-corrected chi connectivity index (χ1v) is 13.8. The molecule has 206 valence electrons. The van der Waals surface area contributed by atoms with E-state index in [4.69, 9.17) is 9.47 Å². The van der Waals surface area contributed by atoms with Crippen LogP contribution in [0.15, 0.2) is 66.7 Å². The number of aliphatic carboxylic acids is 1. The summed E-state index contributed by atoms with van der Waals surface area (Å²) in [5.41, 5.74) is 3.38. The van der Waals surface area contributed by atoms with Crippen molar-refractivity contribution < 1.29 is 29.0 Å². The molecule has 2 heterocycles. The van der Waals surface area contributed by atoms with Gasteiger partial charge in [-0.05, 0) is 78.6 Å². The lowest BCUT2D eigenvalue weighted by atomic mass is 9.79. The predicted molar refractivity (Wildman–Crippen MR) is 149 cm³/mol. The van der Waals surface area contributed by atoms with Crippen molar-refractivity contribution in [1.29, 1.82) is 0 Å². The van der Waals surface area contributed by atoms with Crippen LogP contribution in [-0.2, 0) is 9.59 Å². The maximum absolute atomic E-state index is 14.0. The number of nitrogens with zero attached hydrogens (tertiary/aromatic N) is 1. The monoisotopic (exact) mass is 540 g/mol. The Morgan fingerprint density at radius 2 is 1.55 bits per heavy atom. The largest absolute Gasteiger partial charge is 0.486 e. The van der Waals surface area contributed by atoms with Crippen molar-refractivity contribution in [3.05, 3.63) is 89.0 Å². The SMILES string of the molecule is CC(=O)N[C@H]1CC[C@@H](c2ccc(N3C(=O)c4ccccc4[C@@H](C(=O)O)[C@@H]3c3ccc4c(c3)OCCO4)cc2)CC1. The molecular formula is C32H32N2O6. The van der Waals surface area contributed by atoms with E-state index in [9.17, 15) is 19.5 Å². The summed E-state index contributed by atoms with van der Waals surface area (Å²) in [6.07, 6.45) is 3.81. The van der Waals surface area contributed by atoms with E-state index in [0.29, 0.717) is 53.0 Å². The Balaban J connectivity index is 1.36. The highest BCUT2D eigenvalue weighted by Crippen LogP contribution is 2.47. The van der Waals surface area contributed by atoms with Crippen LogP contribution in [-0.4, -0.2) is 42.1 Å². The minimum Gasteiger partial charge on any atom is -0.486 e. The van der Waals surface area contributed by atoms with Gasteiger partial charge in [0.1, 0.15) is 19.1 Å². The van der Waals surface area contributed by atoms with Crippen LogP contribution in [0.5, 0.6) is 11.5 Å². The van der Waals surface area contributed by atoms with Crippen LogP contribution in [0.2, 0.25) is 0 Å². The lowest BCUT2D eigenvalue weighted by Crippen LogP contribution is -2.45. The summed E-state index contributed by atoms with van der Waals surface area (Å²) in [5, 5.41) is 13.5. The molecule has 6 rings (SSSR count). The Morgan fingerprint density at radius 3 is 2.25 bits per heavy atom. The lowest BCUT2D eigenvalue weighted by molar-refractivity contribution is -0.139. The van der Waals surface area contributed by atoms with E-state index in [1.54, 1.807) is 48.2 Å². The average Bonchev–Trinajstić information content (AvgIpc) is 2.97. The molecule has 2 N–H and O–H groups in total. The fraction of sp³-hybridized carbons (Fsp3) is 0.344. The van der Waals surface area contributed by atoms with Gasteiger partial charge in [-0.15, -0.1) is 0 Å². The van der Waals surface area contributed by atoms with Crippen LogP contribution in [0.25, 0.3) is 0 Å². The van der Waals surface area contributed by atoms with Crippen LogP contribution in [0, 0.1) is 0 Å². The number of amides is 2. The van der Waals surface area contributed by atoms with Crippen molar-refractivity contribution in [2.24, 2.45) is 0 Å². The van der Waals surface area contributed by atoms with E-state index in [1.807, 2.05) is 30.3 Å². The third-order valence-corrected chi connectivity index (χ3v) is 8.29. The Labute approximate surface area is 232 Å². The average molecular weight is 541 g/mol. The molecule has 8 heteroatoms. The van der Waals surface area contributed by atoms with Crippen molar-refractivity contribution in [1.82, 2.24) is 5.32 Å². The van der Waals surface area contributed by atoms with Gasteiger partial charge in [0.05, 0.1) is 6.04 Å². The molecule has 0 aromatic heterocycles. The molecule has 0 bridgehead atoms. The molecule has 2 amide bonds. The van der Waals surface area contributed by atoms with Crippen LogP contribution < -0.4 is 19.7 Å². The highest BCUT2D eigenvalue weighted by Gasteiger charge is 2.45. The molecule has 0 spiro atoms. The number of carboxylic acid groups (broad SMARTS) is 1. The molecule has 0 radical (unpaired) electrons. The van der Waals surface area contributed by atoms with Gasteiger partial charge in [-0.25, -0.2) is 0 Å². The molecule has 8 nitrogen and oxygen atoms in total. The normalized spacial score (nSPS) is 23.7. The number of anilines is 1. The second-order valence-electron chi connectivity index (χ2n) is 10.8. The zero-order valence-electron chi connectivity index (χ0n) is 22.3. The molecule has 1 saturated carbocycles. The van der Waals surface area contributed by atoms with Gasteiger partial charge in [0.2, 0.25) is 5.91 Å². The Hall–Kier alpha value is -4.33. The minimum atomic E-state index is -1.00. The van der Waals surface area contributed by atoms with Gasteiger partial charge in [-0.1, -0.05) is 36.4 Å². The molecule has 40 heavy (non-hydrogen) atoms. The van der Waals surface area contributed by atoms with E-state index in [-0.39, 0.29) is 17.9 Å². The van der Waals surface area contributed by atoms with E-state index in [1.165, 1.54) is 5.56 Å². The fourth-order valence-corrected chi connectivity index (χ4v) is 6.44. The first kappa shape index (κ1) is 25.9. The van der Waals surface area contributed by atoms with Crippen molar-refractivity contribution in [3.63, 3.8) is 0 Å². The maximum Gasteiger partial charge on any atom is 0.313 e. The van der Waals surface area contributed by atoms with Gasteiger partial charge in [0.25, 0.3) is 5.91 Å². The van der Waals surface area contributed by atoms with E-state index in [0.717, 1.165) is 25.7 Å². The standard InChI is InChI=1S/C32H32N2O6/c1-19(35)33-23-11-6-20(7-12-23)21-8-13-24(14-9-21)34-30(22-10-15-27-28(18-22)40-17-16-39-27)29(32(37)38)25-4-2-3-5-26(25)31(34)36/h2-5,8-10,13-15,18,20,23,29-30H,6-7,11-12,16-17H2,1H3,(H,33,35)(H,37,38)/t20-,23+,29-,30+/m1/s1. The highest BCUT2D eigenvalue weighted by molar-refractivity contribution is 6.11. The molecule has 2 atom stereocenters. The summed E-state index contributed by atoms with van der Waals surface area (Å²) in [7, 11) is 0. The predicted octanol–water partition coefficient (Wildman–Crippen LogP) is 5.19. The number of hydrogen-bond acceptors (Lipinski definition) is 5. The van der Waals surface area contributed by atoms with Crippen molar-refractivity contribution >= 4 is 23.5 Å². The van der Waals surface area contributed by atoms with Gasteiger partial charge in [-0.2, -0.15) is 0 Å². The van der Waals surface area contributed by atoms with Crippen molar-refractivity contribution in [2.75, 3.05) is 18.1 Å². The summed E-state index contributed by atoms with van der Waals surface area (Å²) >= 11 is 0. The second kappa shape index (κ2) is 10.7. The van der Waals surface area contributed by atoms with Gasteiger partial charge in [-0.3, -0.25) is 19.3 Å². The molecule has 2 aliphatic heterocycles. The number of carbonyl (C=O) groups excluding carboxylic acids is 2. The van der Waals surface area contributed by atoms with Crippen LogP contribution in [0.4, 0.5) is 5.69 Å². The zero-order chi connectivity index (χ0) is 27.8. The smallest absolute Gasteiger partial charge is 0.313 e. The lowest BCUT2D eigenvalue weighted by Gasteiger charge is -2.41. The van der Waals surface area contributed by atoms with Gasteiger partial charge >= 0.3 is 5.97 Å². The third kappa shape index (κ3) is 4.78. The summed E-state index contributed by atoms with van der Waals surface area (Å²) in [6, 6.07) is 19.7. The first-order valence-electron chi connectivity index (χ1n) is 13.8. The number of fused-ring (bicyclic) bond motifs is 2. The highest BCUT2D eigenvalue weighted by atomic mass is 16.6. The molecule has 0 saturated heterocycles. The molecule has 1 aliphatic carbocycles. The summed E-state index contributed by atoms with van der Waals surface area (Å²) in [6.45, 7) is 2.41. The number of carboxylic acids is 1. The Morgan fingerprint density at radius 1 is 0.875 bits per heavy atom. The van der Waals surface area contributed by atoms with Crippen molar-refractivity contribution in [3.8, 4) is 11.5 Å². The maximum atomic E-state index is 14.0. The molecule has 3 aliphatic rings. The van der Waals surface area contributed by atoms with Crippen LogP contribution >= 0.6 is 0 Å². The molecule has 3 aromatic rings. The van der Waals surface area contributed by atoms with Crippen molar-refractivity contribution in [2.45, 2.75) is 56.5 Å². The molecular weight excluding hydrogens is 508 g/mol. The van der Waals surface area contributed by atoms with E-state index >= 15 is 0 Å². The Kier molecular flexibility index (Phi) is 6.92. The van der Waals surface area contributed by atoms with Gasteiger partial charge < -0.3 is 19.9 Å². The van der Waals surface area contributed by atoms with E-state index in [2.05, 4.69) is 5.32 Å². The zero-order valence-corrected chi connectivity index (χ0v) is 22.3. The van der Waals surface area contributed by atoms with E-state index < -0.39 is 17.9 Å². The number of ether oxygens (including phenoxy) is 2. The number of benzene rings is 3. The van der Waals surface area contributed by atoms with Crippen LogP contribution in [0.3, 0.4) is 0 Å². The fourth-order valence-electron chi connectivity index (χ4n) is 6.44. The van der Waals surface area contributed by atoms with Gasteiger partial charge in [0, 0.05) is 24.2 Å². The molecule has 1 fully saturated rings. The minimum absolute atomic E-state index is 0.00723. The first-order chi connectivity index (χ1) is 19.4. The number of carbonyl (C=O) groups is 3.